The largest absolute Gasteiger partial charge is 0.463 e. The average Bonchev–Trinajstić information content (AvgIpc) is 0.744. The fourth-order valence-corrected chi connectivity index (χ4v) is 19.0. The molecule has 1 heterocycles. The Morgan fingerprint density at radius 3 is 0.920 bits per heavy atom. The second-order valence-corrected chi connectivity index (χ2v) is 32.4. The normalized spacial score (nSPS) is 25.4. The van der Waals surface area contributed by atoms with Crippen molar-refractivity contribution in [1.82, 2.24) is 40.9 Å². The minimum Gasteiger partial charge on any atom is -0.463 e. The van der Waals surface area contributed by atoms with Crippen LogP contribution in [0, 0.1) is 23.7 Å². The molecule has 10 aromatic carbocycles. The average molecular weight is 1510 g/mol. The van der Waals surface area contributed by atoms with Gasteiger partial charge in [0.25, 0.3) is 0 Å². The molecule has 112 heavy (non-hydrogen) atoms. The van der Waals surface area contributed by atoms with Crippen molar-refractivity contribution in [2.24, 2.45) is 23.7 Å². The molecule has 12 atom stereocenters. The topological polar surface area (TPSA) is 250 Å². The van der Waals surface area contributed by atoms with Crippen LogP contribution in [0.1, 0.15) is 125 Å². The highest BCUT2D eigenvalue weighted by Crippen LogP contribution is 2.40. The third-order valence-electron chi connectivity index (χ3n) is 25.4. The Bertz CT molecular complexity index is 4840. The van der Waals surface area contributed by atoms with Crippen molar-refractivity contribution in [3.05, 3.63) is 192 Å². The van der Waals surface area contributed by atoms with Gasteiger partial charge in [0.05, 0.1) is 12.8 Å². The van der Waals surface area contributed by atoms with Crippen LogP contribution in [0.25, 0.3) is 64.6 Å². The summed E-state index contributed by atoms with van der Waals surface area (Å²) in [6, 6.07) is 48.9. The summed E-state index contributed by atoms with van der Waals surface area (Å²) >= 11 is 0. The third-order valence-corrected chi connectivity index (χ3v) is 25.4. The second kappa shape index (κ2) is 33.5. The lowest BCUT2D eigenvalue weighted by Crippen LogP contribution is -2.57. The van der Waals surface area contributed by atoms with Crippen molar-refractivity contribution in [1.29, 1.82) is 0 Å². The van der Waals surface area contributed by atoms with Gasteiger partial charge in [-0.1, -0.05) is 196 Å². The van der Waals surface area contributed by atoms with Crippen molar-refractivity contribution in [3.8, 4) is 0 Å². The fourth-order valence-electron chi connectivity index (χ4n) is 19.0. The van der Waals surface area contributed by atoms with E-state index in [0.717, 1.165) is 86.9 Å². The number of carbonyl (C=O) groups excluding carboxylic acids is 10. The van der Waals surface area contributed by atoms with Crippen molar-refractivity contribution >= 4 is 124 Å². The molecule has 580 valence electrons. The summed E-state index contributed by atoms with van der Waals surface area (Å²) in [5, 5.41) is 24.9. The van der Waals surface area contributed by atoms with Crippen LogP contribution in [0.3, 0.4) is 0 Å². The van der Waals surface area contributed by atoms with Crippen LogP contribution in [0.15, 0.2) is 170 Å². The van der Waals surface area contributed by atoms with E-state index in [2.05, 4.69) is 81.9 Å². The molecule has 8 bridgehead atoms. The number of carbonyl (C=O) groups is 10. The Labute approximate surface area is 652 Å². The van der Waals surface area contributed by atoms with Crippen molar-refractivity contribution in [2.75, 3.05) is 41.4 Å². The monoisotopic (exact) mass is 1510 g/mol. The molecule has 0 aromatic heterocycles. The molecule has 20 heteroatoms. The zero-order valence-electron chi connectivity index (χ0n) is 64.3. The van der Waals surface area contributed by atoms with Crippen LogP contribution in [0.4, 0.5) is 0 Å². The maximum absolute atomic E-state index is 15.3. The first-order chi connectivity index (χ1) is 54.3. The zero-order valence-corrected chi connectivity index (χ0v) is 64.3. The molecule has 0 spiro atoms. The van der Waals surface area contributed by atoms with Gasteiger partial charge in [-0.25, -0.2) is 0 Å². The van der Waals surface area contributed by atoms with Gasteiger partial charge in [0.15, 0.2) is 0 Å². The number of benzene rings is 10. The first-order valence-corrected chi connectivity index (χ1v) is 40.3. The van der Waals surface area contributed by atoms with Crippen LogP contribution in [-0.2, 0) is 83.1 Å². The van der Waals surface area contributed by atoms with Crippen LogP contribution in [-0.4, -0.2) is 169 Å². The highest BCUT2D eigenvalue weighted by molar-refractivity contribution is 6.25. The number of fused-ring (bicyclic) bond motifs is 8. The standard InChI is InChI=1S/C92H100N8O12/c1-97-69-29-15-27-67(49-69)87(105)95-77(53-111-79(101)51-63-39-37-61-35-33-57-21-11-23-59-41-43-73(63)83(61)81(57)59)91(109)100(4)72-32-14-26-66(48-72)86(104)94-76(46-56-19-9-6-10-20-56)90(108)98(2)70-30-16-28-68(50-70)88(106)96-78(54-112-80(102)52-64-40-38-62-36-34-58-22-12-24-60-42-44-74(64)84(62)82(58)60)92(110)99(3)71-31-13-25-65(47-71)85(103)93-75(89(97)107)45-55-17-7-5-8-18-55/h5-12,17-24,33-44,65-72,75-78H,13-16,25-32,45-54H2,1-4H3,(H,93,103)(H,94,104)(H,95,105)(H,96,106)/t65-,66-,67-,68-,69+,70+,71+,72+,75-,76-,77-,78+/m1/s1. The third kappa shape index (κ3) is 16.4. The lowest BCUT2D eigenvalue weighted by molar-refractivity contribution is -0.149. The minimum atomic E-state index is -1.34. The first kappa shape index (κ1) is 76.4. The summed E-state index contributed by atoms with van der Waals surface area (Å²) in [7, 11) is 6.70. The molecule has 4 saturated carbocycles. The molecule has 0 unspecified atom stereocenters. The van der Waals surface area contributed by atoms with Gasteiger partial charge in [-0.3, -0.25) is 47.9 Å². The van der Waals surface area contributed by atoms with Gasteiger partial charge in [-0.2, -0.15) is 0 Å². The molecule has 1 aliphatic heterocycles. The first-order valence-electron chi connectivity index (χ1n) is 40.3. The summed E-state index contributed by atoms with van der Waals surface area (Å²) in [5.41, 5.74) is 3.13. The van der Waals surface area contributed by atoms with E-state index in [1.165, 1.54) is 0 Å². The predicted octanol–water partition coefficient (Wildman–Crippen LogP) is 11.9. The quantitative estimate of drug-likeness (QED) is 0.0658. The molecule has 15 rings (SSSR count). The second-order valence-electron chi connectivity index (χ2n) is 32.4. The SMILES string of the molecule is CN1C(=O)[C@H](COC(=O)Cc2ccc3ccc4cccc5ccc2c3c45)NC(=O)[C@@H]2CCC[C@@H](C2)N(C)C(=O)[C@@H](Cc2ccccc2)NC(=O)[C@@H]2CCC[C@@H](C2)N(C)C(=O)[C@@H](COC(=O)Cc2ccc3ccc4cccc5ccc2c3c45)NC(=O)[C@@H]2CCC[C@@H](C2)N(C)C(=O)[C@@H](Cc2ccccc2)NC(=O)[C@@H]2CCC[C@H]1C2. The van der Waals surface area contributed by atoms with Crippen LogP contribution in [0.2, 0.25) is 0 Å². The lowest BCUT2D eigenvalue weighted by atomic mass is 9.83. The maximum atomic E-state index is 15.3. The number of hydrogen-bond acceptors (Lipinski definition) is 12. The van der Waals surface area contributed by atoms with E-state index in [1.807, 2.05) is 109 Å². The summed E-state index contributed by atoms with van der Waals surface area (Å²) < 4.78 is 12.2. The zero-order chi connectivity index (χ0) is 77.8. The van der Waals surface area contributed by atoms with E-state index in [9.17, 15) is 19.2 Å². The Morgan fingerprint density at radius 2 is 0.598 bits per heavy atom. The Morgan fingerprint density at radius 1 is 0.321 bits per heavy atom. The minimum absolute atomic E-state index is 0.106. The van der Waals surface area contributed by atoms with Gasteiger partial charge >= 0.3 is 11.9 Å². The van der Waals surface area contributed by atoms with Crippen LogP contribution in [0.5, 0.6) is 0 Å². The van der Waals surface area contributed by atoms with Gasteiger partial charge < -0.3 is 50.3 Å². The van der Waals surface area contributed by atoms with E-state index in [-0.39, 0.29) is 75.0 Å². The molecular formula is C92H100N8O12. The lowest BCUT2D eigenvalue weighted by Gasteiger charge is -2.39. The van der Waals surface area contributed by atoms with Crippen LogP contribution >= 0.6 is 0 Å². The molecule has 0 radical (unpaired) electrons. The summed E-state index contributed by atoms with van der Waals surface area (Å²) in [6.45, 7) is -0.959. The molecular weight excluding hydrogens is 1410 g/mol. The molecule has 10 aromatic rings. The van der Waals surface area contributed by atoms with Crippen molar-refractivity contribution in [3.63, 3.8) is 0 Å². The number of nitrogens with zero attached hydrogens (tertiary/aromatic N) is 4. The Balaban J connectivity index is 0.706. The highest BCUT2D eigenvalue weighted by Gasteiger charge is 2.43. The van der Waals surface area contributed by atoms with Crippen molar-refractivity contribution < 1.29 is 57.4 Å². The van der Waals surface area contributed by atoms with E-state index < -0.39 is 121 Å². The smallest absolute Gasteiger partial charge is 0.310 e. The van der Waals surface area contributed by atoms with Crippen LogP contribution < -0.4 is 21.3 Å². The highest BCUT2D eigenvalue weighted by atomic mass is 16.5. The van der Waals surface area contributed by atoms with Gasteiger partial charge in [0, 0.05) is 88.9 Å². The predicted molar refractivity (Wildman–Crippen MR) is 432 cm³/mol. The van der Waals surface area contributed by atoms with E-state index >= 15 is 28.8 Å². The number of nitrogens with one attached hydrogen (secondary N) is 4. The molecule has 5 fully saturated rings. The summed E-state index contributed by atoms with van der Waals surface area (Å²) in [5.74, 6) is -7.07. The van der Waals surface area contributed by atoms with Gasteiger partial charge in [0.1, 0.15) is 37.4 Å². The van der Waals surface area contributed by atoms with Crippen molar-refractivity contribution in [2.45, 2.75) is 177 Å². The number of likely N-dealkylation sites (N-methyl/N-ethyl adjacent to an activating group) is 4. The number of ether oxygens (including phenoxy) is 2. The molecule has 4 N–H and O–H groups in total. The molecule has 20 nitrogen and oxygen atoms in total. The molecule has 5 aliphatic rings. The molecule has 8 amide bonds. The number of esters is 2. The van der Waals surface area contributed by atoms with E-state index in [4.69, 9.17) is 9.47 Å². The Kier molecular flexibility index (Phi) is 22.8. The van der Waals surface area contributed by atoms with E-state index in [0.29, 0.717) is 77.0 Å². The van der Waals surface area contributed by atoms with Gasteiger partial charge in [0.2, 0.25) is 47.3 Å². The number of rotatable bonds is 12. The number of amides is 8. The van der Waals surface area contributed by atoms with Gasteiger partial charge in [-0.15, -0.1) is 0 Å². The molecule has 1 saturated heterocycles. The fraction of sp³-hybridized carbons (Fsp3) is 0.413. The summed E-state index contributed by atoms with van der Waals surface area (Å²) in [6.07, 6.45) is 7.38. The van der Waals surface area contributed by atoms with Gasteiger partial charge in [-0.05, 0) is 164 Å². The molecule has 4 aliphatic carbocycles. The maximum Gasteiger partial charge on any atom is 0.310 e. The number of hydrogen-bond donors (Lipinski definition) is 4. The van der Waals surface area contributed by atoms with E-state index in [1.54, 1.807) is 47.8 Å². The Hall–Kier alpha value is -11.0. The summed E-state index contributed by atoms with van der Waals surface area (Å²) in [4.78, 5) is 156.